The topological polar surface area (TPSA) is 26.3 Å². The first-order chi connectivity index (χ1) is 16.6. The van der Waals surface area contributed by atoms with Crippen LogP contribution >= 0.6 is 0 Å². The molecule has 0 aromatic carbocycles. The molecule has 204 valence electrons. The second kappa shape index (κ2) is 24.2. The van der Waals surface area contributed by atoms with E-state index in [2.05, 4.69) is 34.6 Å². The van der Waals surface area contributed by atoms with Gasteiger partial charge < -0.3 is 4.74 Å². The summed E-state index contributed by atoms with van der Waals surface area (Å²) in [5.41, 5.74) is -0.243. The lowest BCUT2D eigenvalue weighted by Gasteiger charge is -2.39. The third-order valence-corrected chi connectivity index (χ3v) is 7.93. The maximum Gasteiger partial charge on any atom is 0.312 e. The van der Waals surface area contributed by atoms with Crippen LogP contribution in [0.2, 0.25) is 0 Å². The van der Waals surface area contributed by atoms with Crippen LogP contribution in [0.4, 0.5) is 0 Å². The van der Waals surface area contributed by atoms with Gasteiger partial charge in [-0.05, 0) is 38.0 Å². The summed E-state index contributed by atoms with van der Waals surface area (Å²) in [6.45, 7) is 11.9. The quantitative estimate of drug-likeness (QED) is 0.0908. The van der Waals surface area contributed by atoms with Gasteiger partial charge in [0.05, 0.1) is 12.0 Å². The number of carbonyl (C=O) groups excluding carboxylic acids is 1. The van der Waals surface area contributed by atoms with Gasteiger partial charge in [0.1, 0.15) is 0 Å². The van der Waals surface area contributed by atoms with E-state index in [0.717, 1.165) is 51.4 Å². The normalized spacial score (nSPS) is 12.7. The smallest absolute Gasteiger partial charge is 0.312 e. The van der Waals surface area contributed by atoms with Crippen LogP contribution in [-0.2, 0) is 9.53 Å². The van der Waals surface area contributed by atoms with Gasteiger partial charge in [-0.15, -0.1) is 0 Å². The lowest BCUT2D eigenvalue weighted by molar-refractivity contribution is -0.162. The largest absolute Gasteiger partial charge is 0.465 e. The van der Waals surface area contributed by atoms with Crippen molar-refractivity contribution in [2.45, 2.75) is 182 Å². The number of ether oxygens (including phenoxy) is 1. The third-order valence-electron chi connectivity index (χ3n) is 7.93. The average Bonchev–Trinajstić information content (AvgIpc) is 2.85. The summed E-state index contributed by atoms with van der Waals surface area (Å²) >= 11 is 0. The van der Waals surface area contributed by atoms with Crippen LogP contribution in [0.5, 0.6) is 0 Å². The van der Waals surface area contributed by atoms with Crippen LogP contribution in [0.25, 0.3) is 0 Å². The van der Waals surface area contributed by atoms with Crippen molar-refractivity contribution >= 4 is 5.97 Å². The van der Waals surface area contributed by atoms with Gasteiger partial charge in [-0.25, -0.2) is 0 Å². The summed E-state index contributed by atoms with van der Waals surface area (Å²) < 4.78 is 5.97. The summed E-state index contributed by atoms with van der Waals surface area (Å²) in [6.07, 6.45) is 28.9. The molecule has 34 heavy (non-hydrogen) atoms. The molecular formula is C32H64O2. The standard InChI is InChI=1S/C32H64O2/c1-6-11-16-17-18-19-20-21-22-23-24-26-30(25-12-7-2)32(27-13-8-3,28-14-9-4)31(33)34-29-15-10-5/h30H,6-29H2,1-5H3. The van der Waals surface area contributed by atoms with Crippen LogP contribution in [0.15, 0.2) is 0 Å². The molecule has 0 fully saturated rings. The van der Waals surface area contributed by atoms with Crippen LogP contribution < -0.4 is 0 Å². The molecule has 0 aliphatic heterocycles. The second-order valence-corrected chi connectivity index (χ2v) is 11.0. The Bertz CT molecular complexity index is 423. The molecule has 0 heterocycles. The molecule has 0 aliphatic carbocycles. The molecule has 0 rings (SSSR count). The van der Waals surface area contributed by atoms with Gasteiger partial charge in [0, 0.05) is 0 Å². The van der Waals surface area contributed by atoms with Gasteiger partial charge in [-0.2, -0.15) is 0 Å². The van der Waals surface area contributed by atoms with Crippen LogP contribution in [0.1, 0.15) is 182 Å². The van der Waals surface area contributed by atoms with Gasteiger partial charge in [0.2, 0.25) is 0 Å². The minimum atomic E-state index is -0.243. The summed E-state index contributed by atoms with van der Waals surface area (Å²) in [6, 6.07) is 0. The Morgan fingerprint density at radius 1 is 0.529 bits per heavy atom. The first-order valence-corrected chi connectivity index (χ1v) is 15.8. The Hall–Kier alpha value is -0.530. The molecule has 2 heteroatoms. The number of carbonyl (C=O) groups is 1. The summed E-state index contributed by atoms with van der Waals surface area (Å²) in [5, 5.41) is 0. The van der Waals surface area contributed by atoms with E-state index in [9.17, 15) is 4.79 Å². The number of unbranched alkanes of at least 4 members (excludes halogenated alkanes) is 14. The van der Waals surface area contributed by atoms with E-state index >= 15 is 0 Å². The zero-order valence-electron chi connectivity index (χ0n) is 24.4. The summed E-state index contributed by atoms with van der Waals surface area (Å²) in [4.78, 5) is 13.6. The van der Waals surface area contributed by atoms with E-state index in [4.69, 9.17) is 4.74 Å². The van der Waals surface area contributed by atoms with Crippen molar-refractivity contribution in [1.82, 2.24) is 0 Å². The van der Waals surface area contributed by atoms with Crippen LogP contribution in [0, 0.1) is 11.3 Å². The van der Waals surface area contributed by atoms with Crippen molar-refractivity contribution in [3.8, 4) is 0 Å². The molecule has 0 saturated heterocycles. The Morgan fingerprint density at radius 2 is 0.941 bits per heavy atom. The SMILES string of the molecule is CCCCCCCCCCCCCC(CCCC)C(CCCC)(CCCC)C(=O)OCCCC. The molecule has 0 saturated carbocycles. The summed E-state index contributed by atoms with van der Waals surface area (Å²) in [5.74, 6) is 0.644. The Kier molecular flexibility index (Phi) is 23.8. The van der Waals surface area contributed by atoms with Crippen molar-refractivity contribution in [3.05, 3.63) is 0 Å². The molecule has 0 N–H and O–H groups in total. The molecular weight excluding hydrogens is 416 g/mol. The fraction of sp³-hybridized carbons (Fsp3) is 0.969. The zero-order valence-corrected chi connectivity index (χ0v) is 24.4. The molecule has 0 spiro atoms. The van der Waals surface area contributed by atoms with Gasteiger partial charge in [-0.3, -0.25) is 4.79 Å². The molecule has 1 atom stereocenters. The average molecular weight is 481 g/mol. The lowest BCUT2D eigenvalue weighted by Crippen LogP contribution is -2.41. The van der Waals surface area contributed by atoms with Crippen molar-refractivity contribution < 1.29 is 9.53 Å². The zero-order chi connectivity index (χ0) is 25.3. The van der Waals surface area contributed by atoms with Crippen LogP contribution in [0.3, 0.4) is 0 Å². The molecule has 0 aliphatic rings. The molecule has 0 amide bonds. The van der Waals surface area contributed by atoms with Gasteiger partial charge in [0.15, 0.2) is 0 Å². The first-order valence-electron chi connectivity index (χ1n) is 15.8. The molecule has 0 bridgehead atoms. The van der Waals surface area contributed by atoms with Crippen molar-refractivity contribution in [3.63, 3.8) is 0 Å². The van der Waals surface area contributed by atoms with E-state index in [1.807, 2.05) is 0 Å². The van der Waals surface area contributed by atoms with E-state index < -0.39 is 0 Å². The van der Waals surface area contributed by atoms with E-state index in [1.54, 1.807) is 0 Å². The number of hydrogen-bond acceptors (Lipinski definition) is 2. The summed E-state index contributed by atoms with van der Waals surface area (Å²) in [7, 11) is 0. The maximum absolute atomic E-state index is 13.6. The molecule has 0 aromatic rings. The fourth-order valence-corrected chi connectivity index (χ4v) is 5.54. The Labute approximate surface area is 215 Å². The van der Waals surface area contributed by atoms with Crippen LogP contribution in [-0.4, -0.2) is 12.6 Å². The molecule has 0 aromatic heterocycles. The Morgan fingerprint density at radius 3 is 1.41 bits per heavy atom. The molecule has 2 nitrogen and oxygen atoms in total. The minimum absolute atomic E-state index is 0.145. The predicted molar refractivity (Wildman–Crippen MR) is 151 cm³/mol. The lowest BCUT2D eigenvalue weighted by atomic mass is 9.65. The van der Waals surface area contributed by atoms with E-state index in [0.29, 0.717) is 12.5 Å². The van der Waals surface area contributed by atoms with Gasteiger partial charge >= 0.3 is 5.97 Å². The van der Waals surface area contributed by atoms with Gasteiger partial charge in [0.25, 0.3) is 0 Å². The highest BCUT2D eigenvalue weighted by Gasteiger charge is 2.44. The van der Waals surface area contributed by atoms with Gasteiger partial charge in [-0.1, -0.05) is 150 Å². The number of hydrogen-bond donors (Lipinski definition) is 0. The monoisotopic (exact) mass is 480 g/mol. The number of rotatable bonds is 26. The maximum atomic E-state index is 13.6. The number of esters is 1. The highest BCUT2D eigenvalue weighted by Crippen LogP contribution is 2.45. The van der Waals surface area contributed by atoms with Crippen molar-refractivity contribution in [2.75, 3.05) is 6.61 Å². The Balaban J connectivity index is 4.92. The highest BCUT2D eigenvalue weighted by atomic mass is 16.5. The van der Waals surface area contributed by atoms with Crippen molar-refractivity contribution in [1.29, 1.82) is 0 Å². The first kappa shape index (κ1) is 33.5. The minimum Gasteiger partial charge on any atom is -0.465 e. The second-order valence-electron chi connectivity index (χ2n) is 11.0. The highest BCUT2D eigenvalue weighted by molar-refractivity contribution is 5.77. The van der Waals surface area contributed by atoms with E-state index in [-0.39, 0.29) is 11.4 Å². The van der Waals surface area contributed by atoms with E-state index in [1.165, 1.54) is 96.3 Å². The third kappa shape index (κ3) is 15.5. The molecule has 1 unspecified atom stereocenters. The van der Waals surface area contributed by atoms with Crippen molar-refractivity contribution in [2.24, 2.45) is 11.3 Å². The predicted octanol–water partition coefficient (Wildman–Crippen LogP) is 11.2. The fourth-order valence-electron chi connectivity index (χ4n) is 5.54. The molecule has 0 radical (unpaired) electrons.